The molecule has 0 aliphatic rings. The number of rotatable bonds is 3. The molecule has 0 aliphatic heterocycles. The smallest absolute Gasteiger partial charge is 0.165 e. The molecule has 1 heterocycles. The van der Waals surface area contributed by atoms with Gasteiger partial charge in [-0.15, -0.1) is 0 Å². The third kappa shape index (κ3) is 2.19. The Bertz CT molecular complexity index is 612. The van der Waals surface area contributed by atoms with E-state index in [1.807, 2.05) is 6.20 Å². The zero-order valence-corrected chi connectivity index (χ0v) is 10.1. The molecule has 0 fully saturated rings. The molecule has 2 nitrogen and oxygen atoms in total. The normalized spacial score (nSPS) is 10.8. The molecule has 17 heavy (non-hydrogen) atoms. The van der Waals surface area contributed by atoms with E-state index in [1.54, 1.807) is 18.0 Å². The standard InChI is InChI=1S/C14H12N2S/c1-2-7-13-11(4-1)5-3-6-12(13)10-17-14-15-8-9-16-14/h1-9H,10H2,(H,15,16). The van der Waals surface area contributed by atoms with E-state index in [1.165, 1.54) is 16.3 Å². The number of aromatic amines is 1. The van der Waals surface area contributed by atoms with Crippen molar-refractivity contribution in [2.75, 3.05) is 0 Å². The second-order valence-corrected chi connectivity index (χ2v) is 4.79. The maximum Gasteiger partial charge on any atom is 0.165 e. The lowest BCUT2D eigenvalue weighted by molar-refractivity contribution is 1.06. The number of aromatic nitrogens is 2. The summed E-state index contributed by atoms with van der Waals surface area (Å²) in [6, 6.07) is 14.9. The molecule has 0 atom stereocenters. The number of benzene rings is 2. The van der Waals surface area contributed by atoms with Gasteiger partial charge in [-0.25, -0.2) is 4.98 Å². The van der Waals surface area contributed by atoms with Crippen molar-refractivity contribution in [2.24, 2.45) is 0 Å². The monoisotopic (exact) mass is 240 g/mol. The lowest BCUT2D eigenvalue weighted by atomic mass is 10.1. The van der Waals surface area contributed by atoms with E-state index >= 15 is 0 Å². The fraction of sp³-hybridized carbons (Fsp3) is 0.0714. The lowest BCUT2D eigenvalue weighted by Gasteiger charge is -2.04. The van der Waals surface area contributed by atoms with Crippen LogP contribution in [0, 0.1) is 0 Å². The molecular formula is C14H12N2S. The molecule has 0 aliphatic carbocycles. The van der Waals surface area contributed by atoms with E-state index in [0.717, 1.165) is 10.9 Å². The first-order chi connectivity index (χ1) is 8.43. The van der Waals surface area contributed by atoms with Crippen LogP contribution >= 0.6 is 11.8 Å². The summed E-state index contributed by atoms with van der Waals surface area (Å²) in [5, 5.41) is 3.59. The van der Waals surface area contributed by atoms with Crippen molar-refractivity contribution in [1.29, 1.82) is 0 Å². The molecule has 2 aromatic carbocycles. The van der Waals surface area contributed by atoms with Crippen molar-refractivity contribution < 1.29 is 0 Å². The minimum atomic E-state index is 0.939. The number of imidazole rings is 1. The topological polar surface area (TPSA) is 28.7 Å². The number of fused-ring (bicyclic) bond motifs is 1. The second kappa shape index (κ2) is 4.63. The largest absolute Gasteiger partial charge is 0.340 e. The van der Waals surface area contributed by atoms with Gasteiger partial charge in [0.15, 0.2) is 5.16 Å². The highest BCUT2D eigenvalue weighted by Gasteiger charge is 2.02. The lowest BCUT2D eigenvalue weighted by Crippen LogP contribution is -1.84. The van der Waals surface area contributed by atoms with E-state index in [4.69, 9.17) is 0 Å². The van der Waals surface area contributed by atoms with Gasteiger partial charge in [0.1, 0.15) is 0 Å². The fourth-order valence-corrected chi connectivity index (χ4v) is 2.72. The summed E-state index contributed by atoms with van der Waals surface area (Å²) in [7, 11) is 0. The van der Waals surface area contributed by atoms with Gasteiger partial charge in [-0.2, -0.15) is 0 Å². The Kier molecular flexibility index (Phi) is 2.84. The molecule has 3 rings (SSSR count). The first-order valence-electron chi connectivity index (χ1n) is 5.52. The van der Waals surface area contributed by atoms with Crippen molar-refractivity contribution in [3.05, 3.63) is 60.4 Å². The molecule has 0 unspecified atom stereocenters. The zero-order chi connectivity index (χ0) is 11.5. The first kappa shape index (κ1) is 10.4. The van der Waals surface area contributed by atoms with E-state index < -0.39 is 0 Å². The van der Waals surface area contributed by atoms with Crippen LogP contribution in [0.15, 0.2) is 60.0 Å². The highest BCUT2D eigenvalue weighted by Crippen LogP contribution is 2.25. The first-order valence-corrected chi connectivity index (χ1v) is 6.51. The molecule has 3 heteroatoms. The molecule has 0 saturated carbocycles. The number of hydrogen-bond acceptors (Lipinski definition) is 2. The number of thioether (sulfide) groups is 1. The number of nitrogens with zero attached hydrogens (tertiary/aromatic N) is 1. The van der Waals surface area contributed by atoms with Crippen molar-refractivity contribution >= 4 is 22.5 Å². The highest BCUT2D eigenvalue weighted by atomic mass is 32.2. The molecule has 1 N–H and O–H groups in total. The van der Waals surface area contributed by atoms with E-state index in [0.29, 0.717) is 0 Å². The van der Waals surface area contributed by atoms with Crippen molar-refractivity contribution in [3.8, 4) is 0 Å². The zero-order valence-electron chi connectivity index (χ0n) is 9.26. The molecule has 0 amide bonds. The molecule has 0 radical (unpaired) electrons. The van der Waals surface area contributed by atoms with Gasteiger partial charge in [0.2, 0.25) is 0 Å². The van der Waals surface area contributed by atoms with E-state index in [-0.39, 0.29) is 0 Å². The quantitative estimate of drug-likeness (QED) is 0.704. The third-order valence-corrected chi connectivity index (χ3v) is 3.67. The summed E-state index contributed by atoms with van der Waals surface area (Å²) in [6.07, 6.45) is 3.64. The Morgan fingerprint density at radius 1 is 1.06 bits per heavy atom. The number of H-pyrrole nitrogens is 1. The number of hydrogen-bond donors (Lipinski definition) is 1. The van der Waals surface area contributed by atoms with Gasteiger partial charge >= 0.3 is 0 Å². The van der Waals surface area contributed by atoms with E-state index in [9.17, 15) is 0 Å². The van der Waals surface area contributed by atoms with Crippen LogP contribution in [0.25, 0.3) is 10.8 Å². The van der Waals surface area contributed by atoms with Gasteiger partial charge < -0.3 is 4.98 Å². The van der Waals surface area contributed by atoms with Gasteiger partial charge in [0.05, 0.1) is 0 Å². The molecule has 0 saturated heterocycles. The van der Waals surface area contributed by atoms with Crippen LogP contribution in [-0.4, -0.2) is 9.97 Å². The Balaban J connectivity index is 1.90. The van der Waals surface area contributed by atoms with Crippen LogP contribution in [0.5, 0.6) is 0 Å². The maximum absolute atomic E-state index is 4.22. The predicted octanol–water partition coefficient (Wildman–Crippen LogP) is 3.86. The Morgan fingerprint density at radius 3 is 2.82 bits per heavy atom. The minimum Gasteiger partial charge on any atom is -0.340 e. The third-order valence-electron chi connectivity index (χ3n) is 2.72. The molecule has 0 spiro atoms. The Labute approximate surface area is 104 Å². The summed E-state index contributed by atoms with van der Waals surface area (Å²) in [5.74, 6) is 0.939. The maximum atomic E-state index is 4.22. The summed E-state index contributed by atoms with van der Waals surface area (Å²) >= 11 is 1.73. The molecular weight excluding hydrogens is 228 g/mol. The Morgan fingerprint density at radius 2 is 1.94 bits per heavy atom. The molecule has 0 bridgehead atoms. The second-order valence-electron chi connectivity index (χ2n) is 3.82. The van der Waals surface area contributed by atoms with Crippen LogP contribution in [-0.2, 0) is 5.75 Å². The molecule has 84 valence electrons. The van der Waals surface area contributed by atoms with Gasteiger partial charge in [-0.1, -0.05) is 54.2 Å². The van der Waals surface area contributed by atoms with Crippen LogP contribution in [0.4, 0.5) is 0 Å². The minimum absolute atomic E-state index is 0.939. The highest BCUT2D eigenvalue weighted by molar-refractivity contribution is 7.98. The van der Waals surface area contributed by atoms with Crippen molar-refractivity contribution in [3.63, 3.8) is 0 Å². The van der Waals surface area contributed by atoms with Crippen LogP contribution < -0.4 is 0 Å². The van der Waals surface area contributed by atoms with Gasteiger partial charge in [-0.05, 0) is 16.3 Å². The number of nitrogens with one attached hydrogen (secondary N) is 1. The average Bonchev–Trinajstić information content (AvgIpc) is 2.89. The fourth-order valence-electron chi connectivity index (χ4n) is 1.89. The summed E-state index contributed by atoms with van der Waals surface area (Å²) in [6.45, 7) is 0. The van der Waals surface area contributed by atoms with Crippen molar-refractivity contribution in [2.45, 2.75) is 10.9 Å². The van der Waals surface area contributed by atoms with Crippen LogP contribution in [0.2, 0.25) is 0 Å². The van der Waals surface area contributed by atoms with Crippen LogP contribution in [0.3, 0.4) is 0 Å². The SMILES string of the molecule is c1ccc2c(CSc3ncc[nH]3)cccc2c1. The van der Waals surface area contributed by atoms with Gasteiger partial charge in [0.25, 0.3) is 0 Å². The summed E-state index contributed by atoms with van der Waals surface area (Å²) < 4.78 is 0. The van der Waals surface area contributed by atoms with Gasteiger partial charge in [-0.3, -0.25) is 0 Å². The summed E-state index contributed by atoms with van der Waals surface area (Å²) in [5.41, 5.74) is 1.35. The van der Waals surface area contributed by atoms with E-state index in [2.05, 4.69) is 52.4 Å². The summed E-state index contributed by atoms with van der Waals surface area (Å²) in [4.78, 5) is 7.33. The van der Waals surface area contributed by atoms with Gasteiger partial charge in [0, 0.05) is 18.1 Å². The van der Waals surface area contributed by atoms with Crippen LogP contribution in [0.1, 0.15) is 5.56 Å². The Hall–Kier alpha value is -1.74. The molecule has 3 aromatic rings. The molecule has 1 aromatic heterocycles. The predicted molar refractivity (Wildman–Crippen MR) is 72.1 cm³/mol. The average molecular weight is 240 g/mol. The van der Waals surface area contributed by atoms with Crippen molar-refractivity contribution in [1.82, 2.24) is 9.97 Å².